The van der Waals surface area contributed by atoms with Gasteiger partial charge in [-0.2, -0.15) is 0 Å². The van der Waals surface area contributed by atoms with Crippen molar-refractivity contribution in [2.24, 2.45) is 0 Å². The van der Waals surface area contributed by atoms with Gasteiger partial charge in [-0.3, -0.25) is 9.59 Å². The number of carbonyl (C=O) groups excluding carboxylic acids is 1. The number of aromatic nitrogens is 1. The van der Waals surface area contributed by atoms with Gasteiger partial charge in [0.1, 0.15) is 5.56 Å². The normalized spacial score (nSPS) is 10.6. The maximum Gasteiger partial charge on any atom is 0.261 e. The summed E-state index contributed by atoms with van der Waals surface area (Å²) in [6, 6.07) is 15.9. The Balaban J connectivity index is 2.12. The Bertz CT molecular complexity index is 885. The second-order valence-electron chi connectivity index (χ2n) is 4.83. The monoisotopic (exact) mass is 294 g/mol. The number of hydrogen-bond acceptors (Lipinski definition) is 3. The van der Waals surface area contributed by atoms with Crippen LogP contribution in [0.5, 0.6) is 0 Å². The molecule has 5 nitrogen and oxygen atoms in total. The molecule has 0 aliphatic rings. The predicted molar refractivity (Wildman–Crippen MR) is 84.9 cm³/mol. The number of anilines is 1. The highest BCUT2D eigenvalue weighted by Gasteiger charge is 2.18. The Morgan fingerprint density at radius 3 is 2.45 bits per heavy atom. The summed E-state index contributed by atoms with van der Waals surface area (Å²) >= 11 is 0. The number of aliphatic hydroxyl groups is 1. The minimum Gasteiger partial charge on any atom is -0.392 e. The van der Waals surface area contributed by atoms with Gasteiger partial charge in [-0.25, -0.2) is 0 Å². The highest BCUT2D eigenvalue weighted by molar-refractivity contribution is 6.07. The Hall–Kier alpha value is -2.92. The molecule has 1 heterocycles. The molecule has 0 fully saturated rings. The molecule has 3 aromatic rings. The van der Waals surface area contributed by atoms with Crippen molar-refractivity contribution in [3.05, 3.63) is 76.1 Å². The molecular weight excluding hydrogens is 280 g/mol. The van der Waals surface area contributed by atoms with E-state index >= 15 is 0 Å². The summed E-state index contributed by atoms with van der Waals surface area (Å²) in [7, 11) is 0. The summed E-state index contributed by atoms with van der Waals surface area (Å²) in [4.78, 5) is 27.3. The number of amides is 1. The number of aromatic amines is 1. The summed E-state index contributed by atoms with van der Waals surface area (Å²) in [5, 5.41) is 12.9. The fourth-order valence-corrected chi connectivity index (χ4v) is 2.43. The molecule has 0 bridgehead atoms. The summed E-state index contributed by atoms with van der Waals surface area (Å²) in [6.07, 6.45) is 0. The van der Waals surface area contributed by atoms with E-state index < -0.39 is 11.5 Å². The van der Waals surface area contributed by atoms with Gasteiger partial charge in [0, 0.05) is 22.2 Å². The van der Waals surface area contributed by atoms with Crippen LogP contribution in [-0.2, 0) is 6.61 Å². The van der Waals surface area contributed by atoms with Crippen molar-refractivity contribution < 1.29 is 9.90 Å². The number of hydrogen-bond donors (Lipinski definition) is 3. The van der Waals surface area contributed by atoms with E-state index in [2.05, 4.69) is 10.3 Å². The number of benzene rings is 2. The average Bonchev–Trinajstić information content (AvgIpc) is 2.54. The van der Waals surface area contributed by atoms with Crippen LogP contribution < -0.4 is 10.9 Å². The molecule has 0 radical (unpaired) electrons. The van der Waals surface area contributed by atoms with Gasteiger partial charge in [0.2, 0.25) is 0 Å². The molecule has 0 unspecified atom stereocenters. The molecule has 1 aromatic heterocycles. The van der Waals surface area contributed by atoms with E-state index in [1.165, 1.54) is 0 Å². The van der Waals surface area contributed by atoms with Gasteiger partial charge >= 0.3 is 0 Å². The molecular formula is C17H14N2O3. The maximum atomic E-state index is 12.4. The first-order chi connectivity index (χ1) is 10.7. The number of fused-ring (bicyclic) bond motifs is 1. The van der Waals surface area contributed by atoms with Crippen LogP contribution in [0.2, 0.25) is 0 Å². The molecule has 0 saturated carbocycles. The van der Waals surface area contributed by atoms with E-state index in [1.54, 1.807) is 48.5 Å². The van der Waals surface area contributed by atoms with Crippen LogP contribution in [0.3, 0.4) is 0 Å². The van der Waals surface area contributed by atoms with Crippen molar-refractivity contribution in [1.29, 1.82) is 0 Å². The molecule has 0 aliphatic heterocycles. The average molecular weight is 294 g/mol. The second kappa shape index (κ2) is 5.83. The van der Waals surface area contributed by atoms with Crippen molar-refractivity contribution in [2.75, 3.05) is 5.32 Å². The van der Waals surface area contributed by atoms with Gasteiger partial charge < -0.3 is 15.4 Å². The molecule has 22 heavy (non-hydrogen) atoms. The van der Waals surface area contributed by atoms with Crippen LogP contribution in [0.4, 0.5) is 5.69 Å². The standard InChI is InChI=1S/C17H14N2O3/c20-10-13-12-8-4-5-9-14(12)19-17(22)15(13)16(21)18-11-6-2-1-3-7-11/h1-9,20H,10H2,(H,18,21)(H,19,22). The Morgan fingerprint density at radius 2 is 1.73 bits per heavy atom. The lowest BCUT2D eigenvalue weighted by Gasteiger charge is -2.10. The van der Waals surface area contributed by atoms with Crippen LogP contribution >= 0.6 is 0 Å². The first kappa shape index (κ1) is 14.0. The number of nitrogens with one attached hydrogen (secondary N) is 2. The molecule has 2 aromatic carbocycles. The van der Waals surface area contributed by atoms with Crippen molar-refractivity contribution in [2.45, 2.75) is 6.61 Å². The van der Waals surface area contributed by atoms with Crippen molar-refractivity contribution >= 4 is 22.5 Å². The molecule has 3 N–H and O–H groups in total. The summed E-state index contributed by atoms with van der Waals surface area (Å²) in [5.41, 5.74) is 0.922. The van der Waals surface area contributed by atoms with E-state index in [1.807, 2.05) is 6.07 Å². The third-order valence-electron chi connectivity index (χ3n) is 3.45. The number of pyridine rings is 1. The maximum absolute atomic E-state index is 12.4. The topological polar surface area (TPSA) is 82.2 Å². The number of aliphatic hydroxyl groups excluding tert-OH is 1. The van der Waals surface area contributed by atoms with Crippen LogP contribution in [0.25, 0.3) is 10.9 Å². The second-order valence-corrected chi connectivity index (χ2v) is 4.83. The molecule has 0 spiro atoms. The summed E-state index contributed by atoms with van der Waals surface area (Å²) in [6.45, 7) is -0.387. The Labute approximate surface area is 126 Å². The highest BCUT2D eigenvalue weighted by atomic mass is 16.3. The smallest absolute Gasteiger partial charge is 0.261 e. The third kappa shape index (κ3) is 2.49. The summed E-state index contributed by atoms with van der Waals surface area (Å²) < 4.78 is 0. The van der Waals surface area contributed by atoms with Crippen molar-refractivity contribution in [1.82, 2.24) is 4.98 Å². The molecule has 0 aliphatic carbocycles. The molecule has 3 rings (SSSR count). The number of para-hydroxylation sites is 2. The Kier molecular flexibility index (Phi) is 3.72. The van der Waals surface area contributed by atoms with E-state index in [-0.39, 0.29) is 12.2 Å². The third-order valence-corrected chi connectivity index (χ3v) is 3.45. The number of H-pyrrole nitrogens is 1. The zero-order chi connectivity index (χ0) is 15.5. The SMILES string of the molecule is O=C(Nc1ccccc1)c1c(CO)c2ccccc2[nH]c1=O. The first-order valence-electron chi connectivity index (χ1n) is 6.82. The van der Waals surface area contributed by atoms with Gasteiger partial charge in [0.05, 0.1) is 6.61 Å². The lowest BCUT2D eigenvalue weighted by Crippen LogP contribution is -2.26. The molecule has 110 valence electrons. The Morgan fingerprint density at radius 1 is 1.05 bits per heavy atom. The lowest BCUT2D eigenvalue weighted by atomic mass is 10.0. The van der Waals surface area contributed by atoms with Crippen molar-refractivity contribution in [3.8, 4) is 0 Å². The minimum atomic E-state index is -0.540. The zero-order valence-electron chi connectivity index (χ0n) is 11.7. The largest absolute Gasteiger partial charge is 0.392 e. The lowest BCUT2D eigenvalue weighted by molar-refractivity contribution is 0.102. The van der Waals surface area contributed by atoms with Crippen LogP contribution in [0.1, 0.15) is 15.9 Å². The van der Waals surface area contributed by atoms with E-state index in [9.17, 15) is 14.7 Å². The van der Waals surface area contributed by atoms with Gasteiger partial charge in [-0.1, -0.05) is 36.4 Å². The predicted octanol–water partition coefficient (Wildman–Crippen LogP) is 2.27. The first-order valence-corrected chi connectivity index (χ1v) is 6.82. The molecule has 1 amide bonds. The number of rotatable bonds is 3. The fourth-order valence-electron chi connectivity index (χ4n) is 2.43. The van der Waals surface area contributed by atoms with Crippen molar-refractivity contribution in [3.63, 3.8) is 0 Å². The highest BCUT2D eigenvalue weighted by Crippen LogP contribution is 2.19. The summed E-state index contributed by atoms with van der Waals surface area (Å²) in [5.74, 6) is -0.540. The quantitative estimate of drug-likeness (QED) is 0.693. The van der Waals surface area contributed by atoms with Crippen LogP contribution in [-0.4, -0.2) is 16.0 Å². The van der Waals surface area contributed by atoms with Crippen LogP contribution in [0, 0.1) is 0 Å². The van der Waals surface area contributed by atoms with Gasteiger partial charge in [0.25, 0.3) is 11.5 Å². The number of carbonyl (C=O) groups is 1. The van der Waals surface area contributed by atoms with Gasteiger partial charge in [-0.15, -0.1) is 0 Å². The van der Waals surface area contributed by atoms with Crippen LogP contribution in [0.15, 0.2) is 59.4 Å². The van der Waals surface area contributed by atoms with Gasteiger partial charge in [0.15, 0.2) is 0 Å². The fraction of sp³-hybridized carbons (Fsp3) is 0.0588. The zero-order valence-corrected chi connectivity index (χ0v) is 11.7. The molecule has 5 heteroatoms. The van der Waals surface area contributed by atoms with E-state index in [0.29, 0.717) is 22.2 Å². The molecule has 0 atom stereocenters. The van der Waals surface area contributed by atoms with E-state index in [0.717, 1.165) is 0 Å². The van der Waals surface area contributed by atoms with Gasteiger partial charge in [-0.05, 0) is 18.2 Å². The minimum absolute atomic E-state index is 0.0648. The molecule has 0 saturated heterocycles. The van der Waals surface area contributed by atoms with E-state index in [4.69, 9.17) is 0 Å².